The van der Waals surface area contributed by atoms with E-state index in [-0.39, 0.29) is 11.2 Å². The van der Waals surface area contributed by atoms with Crippen molar-refractivity contribution in [3.05, 3.63) is 18.1 Å². The summed E-state index contributed by atoms with van der Waals surface area (Å²) in [7, 11) is -3.09. The van der Waals surface area contributed by atoms with Crippen LogP contribution in [0.1, 0.15) is 57.2 Å². The molecule has 2 aromatic rings. The van der Waals surface area contributed by atoms with Crippen molar-refractivity contribution in [2.75, 3.05) is 44.3 Å². The van der Waals surface area contributed by atoms with Gasteiger partial charge in [-0.05, 0) is 45.6 Å². The predicted molar refractivity (Wildman–Crippen MR) is 130 cm³/mol. The number of pyridine rings is 1. The molecule has 2 saturated heterocycles. The zero-order chi connectivity index (χ0) is 27.0. The third-order valence-corrected chi connectivity index (χ3v) is 9.25. The number of carboxylic acid groups (broad SMARTS) is 1. The summed E-state index contributed by atoms with van der Waals surface area (Å²) in [6.07, 6.45) is 0.117. The number of sulfonamides is 1. The van der Waals surface area contributed by atoms with E-state index in [1.807, 2.05) is 6.33 Å². The number of nitrogens with zero attached hydrogens (tertiary/aromatic N) is 5. The normalized spacial score (nSPS) is 20.2. The van der Waals surface area contributed by atoms with Crippen LogP contribution in [-0.4, -0.2) is 89.2 Å². The molecule has 0 amide bonds. The lowest BCUT2D eigenvalue weighted by Gasteiger charge is -2.32. The van der Waals surface area contributed by atoms with Gasteiger partial charge in [-0.2, -0.15) is 13.2 Å². The van der Waals surface area contributed by atoms with Crippen LogP contribution in [0.4, 0.5) is 19.0 Å². The number of carboxylic acids is 1. The van der Waals surface area contributed by atoms with Gasteiger partial charge in [0.25, 0.3) is 0 Å². The fourth-order valence-corrected chi connectivity index (χ4v) is 6.51. The summed E-state index contributed by atoms with van der Waals surface area (Å²) in [5.74, 6) is -1.54. The van der Waals surface area contributed by atoms with E-state index in [2.05, 4.69) is 29.4 Å². The van der Waals surface area contributed by atoms with Crippen LogP contribution in [0, 0.1) is 0 Å². The number of carbonyl (C=O) groups is 1. The van der Waals surface area contributed by atoms with Crippen molar-refractivity contribution in [1.82, 2.24) is 18.8 Å². The first-order valence-corrected chi connectivity index (χ1v) is 13.9. The average molecular weight is 548 g/mol. The van der Waals surface area contributed by atoms with Crippen molar-refractivity contribution in [2.45, 2.75) is 62.9 Å². The molecule has 1 saturated carbocycles. The Balaban J connectivity index is 0.000000405. The lowest BCUT2D eigenvalue weighted by molar-refractivity contribution is -0.192. The van der Waals surface area contributed by atoms with E-state index in [1.165, 1.54) is 0 Å². The van der Waals surface area contributed by atoms with Crippen LogP contribution in [0.15, 0.2) is 12.4 Å². The Labute approximate surface area is 213 Å². The summed E-state index contributed by atoms with van der Waals surface area (Å²) >= 11 is 0. The standard InChI is InChI=1S/C21H31N5O3S.C2HF3O2/c1-15(2)26-14-22-20-19(26)13-18(23-21(20)24-9-11-29-12-10-24)16-5-7-25(8-6-16)30(27,28)17-3-4-17;3-2(4,5)1(6)7/h13-17H,3-12H2,1-2H3;(H,6,7). The first-order valence-electron chi connectivity index (χ1n) is 12.4. The van der Waals surface area contributed by atoms with Gasteiger partial charge in [-0.1, -0.05) is 0 Å². The van der Waals surface area contributed by atoms with Crippen LogP contribution < -0.4 is 4.90 Å². The first kappa shape index (κ1) is 27.6. The Morgan fingerprint density at radius 2 is 1.70 bits per heavy atom. The highest BCUT2D eigenvalue weighted by atomic mass is 32.2. The molecule has 5 rings (SSSR count). The van der Waals surface area contributed by atoms with Crippen molar-refractivity contribution < 1.29 is 36.2 Å². The van der Waals surface area contributed by atoms with Crippen LogP contribution >= 0.6 is 0 Å². The molecule has 0 unspecified atom stereocenters. The number of hydrogen-bond acceptors (Lipinski definition) is 7. The molecule has 0 bridgehead atoms. The second kappa shape index (κ2) is 10.7. The van der Waals surface area contributed by atoms with Gasteiger partial charge in [0.05, 0.1) is 30.3 Å². The number of ether oxygens (including phenoxy) is 1. The van der Waals surface area contributed by atoms with Gasteiger partial charge >= 0.3 is 12.1 Å². The molecule has 206 valence electrons. The number of alkyl halides is 3. The van der Waals surface area contributed by atoms with Crippen LogP contribution in [0.5, 0.6) is 0 Å². The molecule has 0 atom stereocenters. The van der Waals surface area contributed by atoms with Crippen molar-refractivity contribution in [1.29, 1.82) is 0 Å². The minimum Gasteiger partial charge on any atom is -0.475 e. The molecule has 3 aliphatic rings. The van der Waals surface area contributed by atoms with Gasteiger partial charge < -0.3 is 19.3 Å². The predicted octanol–water partition coefficient (Wildman–Crippen LogP) is 3.15. The smallest absolute Gasteiger partial charge is 0.475 e. The Morgan fingerprint density at radius 1 is 1.11 bits per heavy atom. The molecule has 1 aliphatic carbocycles. The van der Waals surface area contributed by atoms with Gasteiger partial charge in [-0.15, -0.1) is 0 Å². The maximum Gasteiger partial charge on any atom is 0.490 e. The van der Waals surface area contributed by atoms with Crippen molar-refractivity contribution in [3.8, 4) is 0 Å². The number of anilines is 1. The maximum absolute atomic E-state index is 12.6. The van der Waals surface area contributed by atoms with Crippen LogP contribution in [0.2, 0.25) is 0 Å². The topological polar surface area (TPSA) is 118 Å². The number of imidazole rings is 1. The van der Waals surface area contributed by atoms with Crippen molar-refractivity contribution in [3.63, 3.8) is 0 Å². The molecule has 2 aliphatic heterocycles. The van der Waals surface area contributed by atoms with Crippen LogP contribution in [-0.2, 0) is 19.6 Å². The number of halogens is 3. The molecule has 37 heavy (non-hydrogen) atoms. The fourth-order valence-electron chi connectivity index (χ4n) is 4.63. The molecule has 2 aromatic heterocycles. The number of aromatic nitrogens is 3. The summed E-state index contributed by atoms with van der Waals surface area (Å²) in [5.41, 5.74) is 3.13. The van der Waals surface area contributed by atoms with Crippen LogP contribution in [0.3, 0.4) is 0 Å². The Morgan fingerprint density at radius 3 is 2.22 bits per heavy atom. The zero-order valence-electron chi connectivity index (χ0n) is 20.8. The Bertz CT molecular complexity index is 1220. The summed E-state index contributed by atoms with van der Waals surface area (Å²) < 4.78 is 66.4. The number of fused-ring (bicyclic) bond motifs is 1. The molecule has 4 heterocycles. The number of hydrogen-bond donors (Lipinski definition) is 1. The quantitative estimate of drug-likeness (QED) is 0.607. The molecule has 14 heteroatoms. The van der Waals surface area contributed by atoms with E-state index in [0.29, 0.717) is 32.3 Å². The second-order valence-electron chi connectivity index (χ2n) is 9.80. The van der Waals surface area contributed by atoms with Gasteiger partial charge in [-0.3, -0.25) is 0 Å². The molecule has 1 N–H and O–H groups in total. The van der Waals surface area contributed by atoms with E-state index in [0.717, 1.165) is 61.3 Å². The van der Waals surface area contributed by atoms with Crippen molar-refractivity contribution >= 4 is 32.8 Å². The monoisotopic (exact) mass is 547 g/mol. The summed E-state index contributed by atoms with van der Waals surface area (Å²) in [6, 6.07) is 2.50. The number of aliphatic carboxylic acids is 1. The third-order valence-electron chi connectivity index (χ3n) is 6.85. The number of rotatable bonds is 5. The minimum absolute atomic E-state index is 0.128. The fraction of sp³-hybridized carbons (Fsp3) is 0.696. The van der Waals surface area contributed by atoms with E-state index >= 15 is 0 Å². The second-order valence-corrected chi connectivity index (χ2v) is 12.0. The Kier molecular flexibility index (Phi) is 8.00. The molecule has 3 fully saturated rings. The molecule has 0 spiro atoms. The zero-order valence-corrected chi connectivity index (χ0v) is 21.6. The molecule has 10 nitrogen and oxygen atoms in total. The number of morpholine rings is 1. The SMILES string of the molecule is CC(C)n1cnc2c(N3CCOCC3)nc(C3CCN(S(=O)(=O)C4CC4)CC3)cc21.O=C(O)C(F)(F)F. The first-order chi connectivity index (χ1) is 17.4. The van der Waals surface area contributed by atoms with Crippen LogP contribution in [0.25, 0.3) is 11.0 Å². The molecule has 0 radical (unpaired) electrons. The molecule has 0 aromatic carbocycles. The summed E-state index contributed by atoms with van der Waals surface area (Å²) in [4.78, 5) is 21.0. The Hall–Kier alpha value is -2.45. The van der Waals surface area contributed by atoms with E-state index in [4.69, 9.17) is 24.6 Å². The van der Waals surface area contributed by atoms with E-state index in [1.54, 1.807) is 4.31 Å². The molecular formula is C23H32F3N5O5S. The third kappa shape index (κ3) is 6.17. The minimum atomic E-state index is -5.08. The van der Waals surface area contributed by atoms with Gasteiger partial charge in [0.15, 0.2) is 5.82 Å². The van der Waals surface area contributed by atoms with Gasteiger partial charge in [-0.25, -0.2) is 27.5 Å². The van der Waals surface area contributed by atoms with E-state index < -0.39 is 22.2 Å². The number of piperidine rings is 1. The maximum atomic E-state index is 12.6. The molecular weight excluding hydrogens is 515 g/mol. The van der Waals surface area contributed by atoms with Crippen molar-refractivity contribution in [2.24, 2.45) is 0 Å². The average Bonchev–Trinajstić information content (AvgIpc) is 3.64. The summed E-state index contributed by atoms with van der Waals surface area (Å²) in [6.45, 7) is 8.56. The van der Waals surface area contributed by atoms with Gasteiger partial charge in [0, 0.05) is 43.8 Å². The highest BCUT2D eigenvalue weighted by Crippen LogP contribution is 2.37. The summed E-state index contributed by atoms with van der Waals surface area (Å²) in [5, 5.41) is 7.00. The lowest BCUT2D eigenvalue weighted by atomic mass is 9.94. The van der Waals surface area contributed by atoms with Gasteiger partial charge in [0.2, 0.25) is 10.0 Å². The highest BCUT2D eigenvalue weighted by Gasteiger charge is 2.41. The largest absolute Gasteiger partial charge is 0.490 e. The lowest BCUT2D eigenvalue weighted by Crippen LogP contribution is -2.40. The van der Waals surface area contributed by atoms with Gasteiger partial charge in [0.1, 0.15) is 5.52 Å². The van der Waals surface area contributed by atoms with E-state index in [9.17, 15) is 21.6 Å². The highest BCUT2D eigenvalue weighted by molar-refractivity contribution is 7.90.